The number of nitrogens with zero attached hydrogens (tertiary/aromatic N) is 3. The summed E-state index contributed by atoms with van der Waals surface area (Å²) in [6.07, 6.45) is 6.92. The van der Waals surface area contributed by atoms with Crippen molar-refractivity contribution in [2.24, 2.45) is 0 Å². The second-order valence-corrected chi connectivity index (χ2v) is 8.45. The van der Waals surface area contributed by atoms with Gasteiger partial charge in [0.1, 0.15) is 5.82 Å². The van der Waals surface area contributed by atoms with Gasteiger partial charge in [-0.3, -0.25) is 4.79 Å². The summed E-state index contributed by atoms with van der Waals surface area (Å²) in [6, 6.07) is 10.3. The number of rotatable bonds is 6. The van der Waals surface area contributed by atoms with Gasteiger partial charge < -0.3 is 9.88 Å². The lowest BCUT2D eigenvalue weighted by molar-refractivity contribution is -0.116. The molecule has 0 aliphatic carbocycles. The number of thiophene rings is 1. The normalized spacial score (nSPS) is 13.8. The van der Waals surface area contributed by atoms with Gasteiger partial charge in [-0.25, -0.2) is 0 Å². The zero-order valence-corrected chi connectivity index (χ0v) is 17.1. The number of hydrogen-bond donors (Lipinski definition) is 1. The van der Waals surface area contributed by atoms with Crippen LogP contribution in [0.5, 0.6) is 0 Å². The Balaban J connectivity index is 1.45. The van der Waals surface area contributed by atoms with E-state index in [0.29, 0.717) is 6.42 Å². The van der Waals surface area contributed by atoms with Crippen LogP contribution in [0.15, 0.2) is 35.7 Å². The SMILES string of the molecule is Cc1ccc(-c2nnc3n2CCCCC3)cc1NC(=O)CCCc1cccs1. The summed E-state index contributed by atoms with van der Waals surface area (Å²) in [4.78, 5) is 13.8. The fourth-order valence-electron chi connectivity index (χ4n) is 3.69. The van der Waals surface area contributed by atoms with E-state index in [2.05, 4.69) is 49.7 Å². The maximum Gasteiger partial charge on any atom is 0.224 e. The molecule has 0 saturated carbocycles. The van der Waals surface area contributed by atoms with Gasteiger partial charge in [0.05, 0.1) is 0 Å². The Morgan fingerprint density at radius 3 is 3.00 bits per heavy atom. The molecule has 1 aliphatic rings. The van der Waals surface area contributed by atoms with Crippen molar-refractivity contribution in [3.8, 4) is 11.4 Å². The zero-order chi connectivity index (χ0) is 19.3. The van der Waals surface area contributed by atoms with Crippen LogP contribution in [0, 0.1) is 6.92 Å². The Morgan fingerprint density at radius 2 is 2.14 bits per heavy atom. The number of aryl methyl sites for hydroxylation is 3. The fourth-order valence-corrected chi connectivity index (χ4v) is 4.44. The predicted octanol–water partition coefficient (Wildman–Crippen LogP) is 5.00. The van der Waals surface area contributed by atoms with Gasteiger partial charge in [-0.1, -0.05) is 24.6 Å². The molecule has 3 heterocycles. The highest BCUT2D eigenvalue weighted by molar-refractivity contribution is 7.09. The number of aromatic nitrogens is 3. The number of carbonyl (C=O) groups excluding carboxylic acids is 1. The molecule has 0 atom stereocenters. The molecule has 5 nitrogen and oxygen atoms in total. The van der Waals surface area contributed by atoms with Gasteiger partial charge in [-0.15, -0.1) is 21.5 Å². The molecule has 0 fully saturated rings. The maximum absolute atomic E-state index is 12.4. The van der Waals surface area contributed by atoms with Gasteiger partial charge in [0, 0.05) is 35.5 Å². The van der Waals surface area contributed by atoms with Crippen LogP contribution in [-0.4, -0.2) is 20.7 Å². The third-order valence-corrected chi connectivity index (χ3v) is 6.22. The molecule has 1 aromatic carbocycles. The molecule has 0 saturated heterocycles. The van der Waals surface area contributed by atoms with Crippen LogP contribution in [0.1, 0.15) is 48.4 Å². The van der Waals surface area contributed by atoms with Crippen LogP contribution in [0.3, 0.4) is 0 Å². The Morgan fingerprint density at radius 1 is 1.21 bits per heavy atom. The Kier molecular flexibility index (Phi) is 5.86. The van der Waals surface area contributed by atoms with Crippen molar-refractivity contribution in [3.63, 3.8) is 0 Å². The summed E-state index contributed by atoms with van der Waals surface area (Å²) in [7, 11) is 0. The van der Waals surface area contributed by atoms with Gasteiger partial charge in [0.2, 0.25) is 5.91 Å². The highest BCUT2D eigenvalue weighted by Crippen LogP contribution is 2.27. The Bertz CT molecular complexity index is 946. The largest absolute Gasteiger partial charge is 0.326 e. The van der Waals surface area contributed by atoms with Crippen molar-refractivity contribution in [3.05, 3.63) is 52.0 Å². The average molecular weight is 395 g/mol. The topological polar surface area (TPSA) is 59.8 Å². The minimum atomic E-state index is 0.0666. The van der Waals surface area contributed by atoms with Crippen LogP contribution < -0.4 is 5.32 Å². The standard InChI is InChI=1S/C22H26N4OS/c1-16-11-12-17(22-25-24-20-9-3-2-4-13-26(20)22)15-19(16)23-21(27)10-5-7-18-8-6-14-28-18/h6,8,11-12,14-15H,2-5,7,9-10,13H2,1H3,(H,23,27). The molecule has 2 aromatic heterocycles. The number of hydrogen-bond acceptors (Lipinski definition) is 4. The molecular weight excluding hydrogens is 368 g/mol. The molecule has 0 unspecified atom stereocenters. The molecular formula is C22H26N4OS. The van der Waals surface area contributed by atoms with Crippen LogP contribution in [0.25, 0.3) is 11.4 Å². The van der Waals surface area contributed by atoms with E-state index in [0.717, 1.165) is 60.7 Å². The molecule has 4 rings (SSSR count). The maximum atomic E-state index is 12.4. The molecule has 1 amide bonds. The lowest BCUT2D eigenvalue weighted by atomic mass is 10.1. The number of benzene rings is 1. The summed E-state index contributed by atoms with van der Waals surface area (Å²) >= 11 is 1.75. The number of fused-ring (bicyclic) bond motifs is 1. The molecule has 1 aliphatic heterocycles. The number of carbonyl (C=O) groups is 1. The summed E-state index contributed by atoms with van der Waals surface area (Å²) in [5, 5.41) is 14.0. The summed E-state index contributed by atoms with van der Waals surface area (Å²) in [5.41, 5.74) is 2.94. The molecule has 0 bridgehead atoms. The van der Waals surface area contributed by atoms with Gasteiger partial charge >= 0.3 is 0 Å². The molecule has 1 N–H and O–H groups in total. The minimum Gasteiger partial charge on any atom is -0.326 e. The first-order chi connectivity index (χ1) is 13.7. The quantitative estimate of drug-likeness (QED) is 0.640. The van der Waals surface area contributed by atoms with Crippen molar-refractivity contribution >= 4 is 22.9 Å². The van der Waals surface area contributed by atoms with Crippen LogP contribution >= 0.6 is 11.3 Å². The molecule has 146 valence electrons. The molecule has 3 aromatic rings. The van der Waals surface area contributed by atoms with E-state index in [1.807, 2.05) is 13.0 Å². The number of nitrogens with one attached hydrogen (secondary N) is 1. The van der Waals surface area contributed by atoms with E-state index in [-0.39, 0.29) is 5.91 Å². The van der Waals surface area contributed by atoms with E-state index in [1.54, 1.807) is 11.3 Å². The van der Waals surface area contributed by atoms with E-state index >= 15 is 0 Å². The van der Waals surface area contributed by atoms with Crippen molar-refractivity contribution < 1.29 is 4.79 Å². The second kappa shape index (κ2) is 8.69. The minimum absolute atomic E-state index is 0.0666. The first-order valence-corrected chi connectivity index (χ1v) is 10.9. The Labute approximate surface area is 169 Å². The van der Waals surface area contributed by atoms with Crippen LogP contribution in [0.4, 0.5) is 5.69 Å². The predicted molar refractivity (Wildman–Crippen MR) is 114 cm³/mol. The third-order valence-electron chi connectivity index (χ3n) is 5.29. The van der Waals surface area contributed by atoms with E-state index in [9.17, 15) is 4.79 Å². The number of anilines is 1. The van der Waals surface area contributed by atoms with Gasteiger partial charge in [-0.2, -0.15) is 0 Å². The average Bonchev–Trinajstić information content (AvgIpc) is 3.28. The monoisotopic (exact) mass is 394 g/mol. The van der Waals surface area contributed by atoms with Crippen molar-refractivity contribution in [2.75, 3.05) is 5.32 Å². The number of amides is 1. The second-order valence-electron chi connectivity index (χ2n) is 7.41. The highest BCUT2D eigenvalue weighted by atomic mass is 32.1. The molecule has 0 radical (unpaired) electrons. The van der Waals surface area contributed by atoms with E-state index in [4.69, 9.17) is 0 Å². The summed E-state index contributed by atoms with van der Waals surface area (Å²) < 4.78 is 2.24. The highest BCUT2D eigenvalue weighted by Gasteiger charge is 2.17. The van der Waals surface area contributed by atoms with E-state index in [1.165, 1.54) is 17.7 Å². The van der Waals surface area contributed by atoms with E-state index < -0.39 is 0 Å². The first kappa shape index (κ1) is 18.9. The smallest absolute Gasteiger partial charge is 0.224 e. The summed E-state index contributed by atoms with van der Waals surface area (Å²) in [5.74, 6) is 2.05. The molecule has 6 heteroatoms. The van der Waals surface area contributed by atoms with Crippen LogP contribution in [0.2, 0.25) is 0 Å². The van der Waals surface area contributed by atoms with Gasteiger partial charge in [0.15, 0.2) is 5.82 Å². The lowest BCUT2D eigenvalue weighted by Crippen LogP contribution is -2.12. The zero-order valence-electron chi connectivity index (χ0n) is 16.3. The summed E-state index contributed by atoms with van der Waals surface area (Å²) in [6.45, 7) is 2.99. The Hall–Kier alpha value is -2.47. The molecule has 0 spiro atoms. The first-order valence-electron chi connectivity index (χ1n) is 10.1. The third kappa shape index (κ3) is 4.33. The fraction of sp³-hybridized carbons (Fsp3) is 0.409. The van der Waals surface area contributed by atoms with Gasteiger partial charge in [0.25, 0.3) is 0 Å². The van der Waals surface area contributed by atoms with Crippen molar-refractivity contribution in [1.29, 1.82) is 0 Å². The van der Waals surface area contributed by atoms with Crippen molar-refractivity contribution in [2.45, 2.75) is 58.4 Å². The lowest BCUT2D eigenvalue weighted by Gasteiger charge is -2.12. The van der Waals surface area contributed by atoms with Gasteiger partial charge in [-0.05, 0) is 55.7 Å². The van der Waals surface area contributed by atoms with Crippen molar-refractivity contribution in [1.82, 2.24) is 14.8 Å². The van der Waals surface area contributed by atoms with Crippen LogP contribution in [-0.2, 0) is 24.2 Å². The molecule has 28 heavy (non-hydrogen) atoms.